The highest BCUT2D eigenvalue weighted by molar-refractivity contribution is 7.60. The maximum atomic E-state index is 12.9. The highest BCUT2D eigenvalue weighted by Crippen LogP contribution is 2.33. The molecule has 35 nitrogen and oxygen atoms in total. The van der Waals surface area contributed by atoms with Crippen molar-refractivity contribution in [1.82, 2.24) is 19.9 Å². The molecular weight excluding hydrogens is 1900 g/mol. The second-order valence-electron chi connectivity index (χ2n) is 31.0. The highest BCUT2D eigenvalue weighted by atomic mass is 35.5. The van der Waals surface area contributed by atoms with Crippen molar-refractivity contribution in [3.05, 3.63) is 328 Å². The van der Waals surface area contributed by atoms with Crippen LogP contribution in [0.5, 0.6) is 0 Å². The average molecular weight is 1980 g/mol. The lowest BCUT2D eigenvalue weighted by molar-refractivity contribution is -0.384. The standard InChI is InChI=1S/C25H23ClN4O3.C24H20Cl2N4O3.C24H20ClN5O5.C24H22ClN5O3.HNO2S/c1-16-5-11-21(20(14-16)25(33)29-22-12-8-18(26)15-27-22)28-24(32)17-6-9-19(10-7-17)30-13-3-2-4-23(30)31;25-16-6-10-20(19(13-16)24(33)29-21-11-7-17(26)14-27-21)28-23(32)15-4-8-18(9-5-15)30-12-2-1-3-22(30)31;25-16-6-11-21(26-14-16)28-24(33)19-13-18(30(34)35)9-10-20(19)27-23(32)15-4-7-17(8-5-15)29-12-2-1-3-22(29)31;25-16-6-11-21(27-14-16)29-24(33)19-13-17(26)7-10-20(19)28-23(32)15-4-8-18(9-5-15)30-12-2-1-3-22(30)31;1-4(2)3/h5-12,14-15H,2-4,13H2,1H3,(H,28,32)(H,27,29,33);4-11,13-14H,1-3,12H2,(H,28,32)(H,27,29,33);4-11,13-14H,1-3,12H2,(H,27,32)(H,26,28,33);4-11,13-14H,1-3,12,26H2,(H,28,32)(H,27,29,33);1H. The number of nitrogens with two attached hydrogens (primary N) is 1. The minimum Gasteiger partial charge on any atom is -0.399 e. The number of non-ortho nitro benzene ring substituents is 1. The molecule has 4 aliphatic rings. The molecule has 8 heterocycles. The number of pyridine rings is 4. The van der Waals surface area contributed by atoms with Crippen LogP contribution in [0.2, 0.25) is 25.1 Å². The first-order valence-corrected chi connectivity index (χ1v) is 45.7. The summed E-state index contributed by atoms with van der Waals surface area (Å²) in [6.07, 6.45) is 15.1. The van der Waals surface area contributed by atoms with Crippen LogP contribution in [0.4, 0.5) is 80.1 Å². The minimum atomic E-state index is -2.61. The predicted octanol–water partition coefficient (Wildman–Crippen LogP) is 19.1. The molecule has 12 aromatic rings. The second kappa shape index (κ2) is 48.5. The van der Waals surface area contributed by atoms with Crippen LogP contribution < -0.4 is 67.9 Å². The van der Waals surface area contributed by atoms with Crippen LogP contribution >= 0.6 is 58.0 Å². The van der Waals surface area contributed by atoms with Gasteiger partial charge in [0.15, 0.2) is 0 Å². The zero-order valence-electron chi connectivity index (χ0n) is 73.3. The highest BCUT2D eigenvalue weighted by Gasteiger charge is 2.28. The van der Waals surface area contributed by atoms with Gasteiger partial charge in [-0.15, -0.1) is 0 Å². The van der Waals surface area contributed by atoms with Gasteiger partial charge in [-0.3, -0.25) is 67.6 Å². The Bertz CT molecular complexity index is 6250. The summed E-state index contributed by atoms with van der Waals surface area (Å²) in [6.45, 7) is 4.54. The molecular formula is C97H86Cl5N19O16S. The van der Waals surface area contributed by atoms with E-state index in [0.717, 1.165) is 80.1 Å². The Labute approximate surface area is 816 Å². The number of nitro benzene ring substituents is 1. The van der Waals surface area contributed by atoms with Crippen LogP contribution in [0.25, 0.3) is 0 Å². The van der Waals surface area contributed by atoms with Crippen LogP contribution in [-0.4, -0.2) is 130 Å². The Morgan fingerprint density at radius 3 is 0.862 bits per heavy atom. The van der Waals surface area contributed by atoms with E-state index in [0.29, 0.717) is 151 Å². The van der Waals surface area contributed by atoms with Crippen molar-refractivity contribution in [2.45, 2.75) is 84.0 Å². The molecule has 16 rings (SSSR count). The third kappa shape index (κ3) is 28.7. The van der Waals surface area contributed by atoms with Crippen molar-refractivity contribution in [3.63, 3.8) is 0 Å². The van der Waals surface area contributed by atoms with E-state index in [-0.39, 0.29) is 63.4 Å². The zero-order chi connectivity index (χ0) is 98.6. The number of rotatable bonds is 21. The van der Waals surface area contributed by atoms with Crippen LogP contribution in [0.3, 0.4) is 0 Å². The third-order valence-electron chi connectivity index (χ3n) is 21.3. The SMILES string of the molecule is Cc1ccc(NC(=O)c2ccc(N3CCCCC3=O)cc2)c(C(=O)Nc2ccc(Cl)cn2)c1.N=S(=O)=O.Nc1ccc(NC(=O)c2ccc(N3CCCCC3=O)cc2)c(C(=O)Nc2ccc(Cl)cn2)c1.O=C(Nc1ccc(Cl)cc1C(=O)Nc1ccc(Cl)cn1)c1ccc(N2CCCCC2=O)cc1.O=C(Nc1ccc([N+](=O)[O-])cc1C(=O)Nc1ccc(Cl)cn1)c1ccc(N2CCCCC2=O)cc1. The lowest BCUT2D eigenvalue weighted by atomic mass is 10.1. The van der Waals surface area contributed by atoms with Crippen molar-refractivity contribution < 1.29 is 70.9 Å². The van der Waals surface area contributed by atoms with Crippen molar-refractivity contribution in [1.29, 1.82) is 4.78 Å². The number of nitrogens with zero attached hydrogens (tertiary/aromatic N) is 9. The molecule has 0 atom stereocenters. The number of halogens is 5. The maximum absolute atomic E-state index is 12.9. The van der Waals surface area contributed by atoms with Crippen molar-refractivity contribution in [2.75, 3.05) is 94.0 Å². The van der Waals surface area contributed by atoms with Crippen LogP contribution in [0, 0.1) is 21.8 Å². The molecule has 4 fully saturated rings. The van der Waals surface area contributed by atoms with Gasteiger partial charge >= 0.3 is 10.5 Å². The normalized spacial score (nSPS) is 13.2. The predicted molar refractivity (Wildman–Crippen MR) is 529 cm³/mol. The summed E-state index contributed by atoms with van der Waals surface area (Å²) in [7, 11) is -2.61. The fourth-order valence-corrected chi connectivity index (χ4v) is 15.0. The first kappa shape index (κ1) is 101. The van der Waals surface area contributed by atoms with E-state index in [4.69, 9.17) is 76.9 Å². The number of benzene rings is 8. The summed E-state index contributed by atoms with van der Waals surface area (Å²) in [5, 5.41) is 34.9. The van der Waals surface area contributed by atoms with E-state index >= 15 is 0 Å². The minimum absolute atomic E-state index is 0.0464. The van der Waals surface area contributed by atoms with E-state index in [1.165, 1.54) is 61.2 Å². The van der Waals surface area contributed by atoms with Crippen LogP contribution in [0.1, 0.15) is 165 Å². The topological polar surface area (TPSA) is 493 Å². The Morgan fingerprint density at radius 1 is 0.333 bits per heavy atom. The molecule has 41 heteroatoms. The Hall–Kier alpha value is -15.7. The quantitative estimate of drug-likeness (QED) is 0.0181. The van der Waals surface area contributed by atoms with Crippen LogP contribution in [-0.2, 0) is 29.7 Å². The smallest absolute Gasteiger partial charge is 0.308 e. The number of nitrogens with one attached hydrogen (secondary N) is 9. The van der Waals surface area contributed by atoms with Gasteiger partial charge in [0.2, 0.25) is 23.6 Å². The molecule has 4 aliphatic heterocycles. The monoisotopic (exact) mass is 1980 g/mol. The first-order valence-electron chi connectivity index (χ1n) is 42.7. The average Bonchev–Trinajstić information content (AvgIpc) is 0.820. The molecule has 0 aliphatic carbocycles. The largest absolute Gasteiger partial charge is 0.399 e. The number of hydrogen-bond acceptors (Lipinski definition) is 22. The van der Waals surface area contributed by atoms with Gasteiger partial charge < -0.3 is 67.9 Å². The van der Waals surface area contributed by atoms with Gasteiger partial charge in [-0.05, 0) is 258 Å². The molecule has 11 N–H and O–H groups in total. The van der Waals surface area contributed by atoms with Gasteiger partial charge in [-0.1, -0.05) is 69.6 Å². The van der Waals surface area contributed by atoms with Gasteiger partial charge in [0.1, 0.15) is 23.3 Å². The summed E-state index contributed by atoms with van der Waals surface area (Å²) < 4.78 is 22.8. The number of piperidine rings is 4. The molecule has 706 valence electrons. The Balaban J connectivity index is 0.000000163. The Kier molecular flexibility index (Phi) is 35.5. The number of carbonyl (C=O) groups is 12. The molecule has 0 unspecified atom stereocenters. The molecule has 12 amide bonds. The molecule has 138 heavy (non-hydrogen) atoms. The van der Waals surface area contributed by atoms with Crippen molar-refractivity contribution in [3.8, 4) is 0 Å². The molecule has 0 saturated carbocycles. The van der Waals surface area contributed by atoms with Crippen molar-refractivity contribution in [2.24, 2.45) is 0 Å². The number of hydrogen-bond donors (Lipinski definition) is 10. The molecule has 0 spiro atoms. The molecule has 0 bridgehead atoms. The van der Waals surface area contributed by atoms with E-state index in [2.05, 4.69) is 62.5 Å². The van der Waals surface area contributed by atoms with E-state index in [1.807, 2.05) is 13.0 Å². The number of anilines is 13. The number of carbonyl (C=O) groups excluding carboxylic acids is 12. The van der Waals surface area contributed by atoms with Crippen molar-refractivity contribution >= 4 is 220 Å². The fourth-order valence-electron chi connectivity index (χ4n) is 14.4. The third-order valence-corrected chi connectivity index (χ3v) is 22.4. The van der Waals surface area contributed by atoms with Gasteiger partial charge in [0, 0.05) is 144 Å². The number of amides is 12. The summed E-state index contributed by atoms with van der Waals surface area (Å²) in [6, 6.07) is 57.6. The van der Waals surface area contributed by atoms with Gasteiger partial charge in [0.05, 0.1) is 70.0 Å². The van der Waals surface area contributed by atoms with E-state index in [9.17, 15) is 67.6 Å². The van der Waals surface area contributed by atoms with Gasteiger partial charge in [-0.2, -0.15) is 13.2 Å². The number of nitro groups is 1. The molecule has 8 aromatic carbocycles. The van der Waals surface area contributed by atoms with Gasteiger partial charge in [-0.25, -0.2) is 19.9 Å². The number of aromatic nitrogens is 4. The lowest BCUT2D eigenvalue weighted by Gasteiger charge is -2.26. The fraction of sp³-hybridized carbons (Fsp3) is 0.175. The summed E-state index contributed by atoms with van der Waals surface area (Å²) >= 11 is 29.4. The summed E-state index contributed by atoms with van der Waals surface area (Å²) in [5.41, 5.74) is 13.0. The Morgan fingerprint density at radius 2 is 0.587 bits per heavy atom. The van der Waals surface area contributed by atoms with E-state index < -0.39 is 56.8 Å². The van der Waals surface area contributed by atoms with Gasteiger partial charge in [0.25, 0.3) is 52.9 Å². The van der Waals surface area contributed by atoms with Crippen LogP contribution in [0.15, 0.2) is 243 Å². The summed E-state index contributed by atoms with van der Waals surface area (Å²) in [4.78, 5) is 185. The summed E-state index contributed by atoms with van der Waals surface area (Å²) in [5.74, 6) is -2.24. The lowest BCUT2D eigenvalue weighted by Crippen LogP contribution is -2.35. The zero-order valence-corrected chi connectivity index (χ0v) is 77.9. The first-order chi connectivity index (χ1) is 66.3. The van der Waals surface area contributed by atoms with E-state index in [1.54, 1.807) is 189 Å². The maximum Gasteiger partial charge on any atom is 0.308 e. The molecule has 4 aromatic heterocycles. The number of aryl methyl sites for hydroxylation is 1. The second-order valence-corrected chi connectivity index (χ2v) is 33.7. The number of nitrogen functional groups attached to an aromatic ring is 1. The molecule has 0 radical (unpaired) electrons. The molecule has 4 saturated heterocycles.